The molecule has 3 heterocycles. The fraction of sp³-hybridized carbons (Fsp3) is 0.238. The van der Waals surface area contributed by atoms with Crippen molar-refractivity contribution in [1.29, 1.82) is 0 Å². The average Bonchev–Trinajstić information content (AvgIpc) is 3.09. The predicted molar refractivity (Wildman–Crippen MR) is 106 cm³/mol. The Morgan fingerprint density at radius 2 is 1.71 bits per heavy atom. The zero-order chi connectivity index (χ0) is 19.3. The van der Waals surface area contributed by atoms with Crippen molar-refractivity contribution in [3.05, 3.63) is 54.2 Å². The molecular weight excluding hydrogens is 360 g/mol. The molecule has 5 rings (SSSR count). The van der Waals surface area contributed by atoms with Gasteiger partial charge in [-0.15, -0.1) is 0 Å². The van der Waals surface area contributed by atoms with Gasteiger partial charge in [0.05, 0.1) is 5.69 Å². The van der Waals surface area contributed by atoms with Crippen LogP contribution in [0.2, 0.25) is 0 Å². The molecule has 0 spiro atoms. The van der Waals surface area contributed by atoms with Crippen LogP contribution in [0.5, 0.6) is 0 Å². The van der Waals surface area contributed by atoms with Gasteiger partial charge in [-0.3, -0.25) is 4.68 Å². The second kappa shape index (κ2) is 6.53. The number of hydrogen-bond acceptors (Lipinski definition) is 4. The summed E-state index contributed by atoms with van der Waals surface area (Å²) in [6.07, 6.45) is 1.75. The summed E-state index contributed by atoms with van der Waals surface area (Å²) in [5.74, 6) is -0.777. The molecule has 142 valence electrons. The van der Waals surface area contributed by atoms with Crippen molar-refractivity contribution in [3.63, 3.8) is 0 Å². The maximum Gasteiger partial charge on any atom is 0.151 e. The van der Waals surface area contributed by atoms with Crippen LogP contribution in [0.4, 0.5) is 14.5 Å². The summed E-state index contributed by atoms with van der Waals surface area (Å²) < 4.78 is 30.8. The molecule has 28 heavy (non-hydrogen) atoms. The Balaban J connectivity index is 1.59. The predicted octanol–water partition coefficient (Wildman–Crippen LogP) is 3.48. The number of aryl methyl sites for hydroxylation is 1. The summed E-state index contributed by atoms with van der Waals surface area (Å²) in [4.78, 5) is 6.65. The van der Waals surface area contributed by atoms with Crippen LogP contribution < -0.4 is 10.2 Å². The van der Waals surface area contributed by atoms with Crippen LogP contribution in [-0.4, -0.2) is 40.9 Å². The Bertz CT molecular complexity index is 1190. The number of aromatic nitrogens is 3. The molecule has 0 radical (unpaired) electrons. The number of nitrogens with zero attached hydrogens (tertiary/aromatic N) is 4. The first-order valence-corrected chi connectivity index (χ1v) is 9.28. The zero-order valence-electron chi connectivity index (χ0n) is 15.4. The lowest BCUT2D eigenvalue weighted by Crippen LogP contribution is -2.43. The van der Waals surface area contributed by atoms with Gasteiger partial charge in [-0.05, 0) is 30.3 Å². The minimum Gasteiger partial charge on any atom is -0.369 e. The van der Waals surface area contributed by atoms with Crippen LogP contribution in [-0.2, 0) is 7.05 Å². The lowest BCUT2D eigenvalue weighted by molar-refractivity contribution is 0.586. The van der Waals surface area contributed by atoms with Crippen molar-refractivity contribution < 1.29 is 8.78 Å². The number of hydrogen-bond donors (Lipinski definition) is 1. The Morgan fingerprint density at radius 3 is 2.54 bits per heavy atom. The molecule has 0 unspecified atom stereocenters. The van der Waals surface area contributed by atoms with Gasteiger partial charge in [0.1, 0.15) is 11.0 Å². The first-order valence-electron chi connectivity index (χ1n) is 9.28. The number of halogens is 2. The van der Waals surface area contributed by atoms with Gasteiger partial charge in [0, 0.05) is 61.4 Å². The Hall–Kier alpha value is -3.06. The van der Waals surface area contributed by atoms with Crippen LogP contribution in [0, 0.1) is 11.6 Å². The van der Waals surface area contributed by atoms with Crippen molar-refractivity contribution in [2.24, 2.45) is 7.05 Å². The van der Waals surface area contributed by atoms with Crippen LogP contribution in [0.3, 0.4) is 0 Å². The summed E-state index contributed by atoms with van der Waals surface area (Å²) in [6.45, 7) is 3.47. The van der Waals surface area contributed by atoms with Crippen molar-refractivity contribution in [3.8, 4) is 11.3 Å². The lowest BCUT2D eigenvalue weighted by atomic mass is 10.1. The number of nitrogens with one attached hydrogen (secondary N) is 1. The quantitative estimate of drug-likeness (QED) is 0.579. The van der Waals surface area contributed by atoms with Crippen LogP contribution in [0.1, 0.15) is 0 Å². The van der Waals surface area contributed by atoms with Gasteiger partial charge in [-0.2, -0.15) is 5.10 Å². The fourth-order valence-electron chi connectivity index (χ4n) is 3.80. The molecule has 0 saturated carbocycles. The average molecular weight is 379 g/mol. The minimum atomic E-state index is -0.412. The maximum atomic E-state index is 14.8. The maximum absolute atomic E-state index is 14.8. The van der Waals surface area contributed by atoms with E-state index in [1.807, 2.05) is 18.2 Å². The highest BCUT2D eigenvalue weighted by Crippen LogP contribution is 2.29. The molecule has 4 aromatic rings. The molecule has 0 bridgehead atoms. The van der Waals surface area contributed by atoms with Crippen molar-refractivity contribution in [2.75, 3.05) is 31.1 Å². The van der Waals surface area contributed by atoms with Gasteiger partial charge in [0.2, 0.25) is 0 Å². The van der Waals surface area contributed by atoms with Crippen molar-refractivity contribution in [1.82, 2.24) is 20.1 Å². The molecular formula is C21H19F2N5. The van der Waals surface area contributed by atoms with E-state index in [9.17, 15) is 8.78 Å². The van der Waals surface area contributed by atoms with E-state index < -0.39 is 5.82 Å². The van der Waals surface area contributed by atoms with Gasteiger partial charge in [-0.1, -0.05) is 6.07 Å². The zero-order valence-corrected chi connectivity index (χ0v) is 15.4. The normalized spacial score (nSPS) is 14.9. The largest absolute Gasteiger partial charge is 0.369 e. The smallest absolute Gasteiger partial charge is 0.151 e. The van der Waals surface area contributed by atoms with Gasteiger partial charge < -0.3 is 10.2 Å². The number of rotatable bonds is 2. The first-order chi connectivity index (χ1) is 13.6. The molecule has 2 aromatic heterocycles. The standard InChI is InChI=1S/C21H19F2N5/c1-27-12-15-8-14(10-17(22)21(15)26-27)19-3-2-13-9-16(11-18(23)20(13)25-19)28-6-4-24-5-7-28/h2-3,8-12,24H,4-7H2,1H3. The monoisotopic (exact) mass is 379 g/mol. The summed E-state index contributed by atoms with van der Waals surface area (Å²) in [5.41, 5.74) is 2.61. The van der Waals surface area contributed by atoms with Crippen molar-refractivity contribution in [2.45, 2.75) is 0 Å². The summed E-state index contributed by atoms with van der Waals surface area (Å²) >= 11 is 0. The highest BCUT2D eigenvalue weighted by atomic mass is 19.1. The first kappa shape index (κ1) is 17.1. The van der Waals surface area contributed by atoms with E-state index in [1.54, 1.807) is 24.0 Å². The Labute approximate surface area is 160 Å². The number of anilines is 1. The number of pyridine rings is 1. The fourth-order valence-corrected chi connectivity index (χ4v) is 3.80. The molecule has 0 aliphatic carbocycles. The molecule has 1 aliphatic heterocycles. The van der Waals surface area contributed by atoms with Crippen LogP contribution in [0.25, 0.3) is 33.1 Å². The van der Waals surface area contributed by atoms with E-state index in [2.05, 4.69) is 20.3 Å². The number of piperazine rings is 1. The lowest BCUT2D eigenvalue weighted by Gasteiger charge is -2.29. The molecule has 1 aliphatic rings. The van der Waals surface area contributed by atoms with E-state index in [4.69, 9.17) is 0 Å². The third-order valence-electron chi connectivity index (χ3n) is 5.19. The second-order valence-electron chi connectivity index (χ2n) is 7.13. The van der Waals surface area contributed by atoms with Gasteiger partial charge in [0.15, 0.2) is 11.6 Å². The van der Waals surface area contributed by atoms with E-state index in [0.717, 1.165) is 37.3 Å². The van der Waals surface area contributed by atoms with Gasteiger partial charge in [0.25, 0.3) is 0 Å². The number of benzene rings is 2. The van der Waals surface area contributed by atoms with E-state index in [0.29, 0.717) is 27.7 Å². The van der Waals surface area contributed by atoms with E-state index in [-0.39, 0.29) is 5.82 Å². The highest BCUT2D eigenvalue weighted by molar-refractivity contribution is 5.88. The van der Waals surface area contributed by atoms with Crippen molar-refractivity contribution >= 4 is 27.5 Å². The van der Waals surface area contributed by atoms with Gasteiger partial charge >= 0.3 is 0 Å². The molecule has 0 amide bonds. The van der Waals surface area contributed by atoms with Crippen LogP contribution in [0.15, 0.2) is 42.6 Å². The topological polar surface area (TPSA) is 46.0 Å². The Morgan fingerprint density at radius 1 is 0.929 bits per heavy atom. The minimum absolute atomic E-state index is 0.295. The SMILES string of the molecule is Cn1cc2cc(-c3ccc4cc(N5CCNCC5)cc(F)c4n3)cc(F)c2n1. The molecule has 0 atom stereocenters. The second-order valence-corrected chi connectivity index (χ2v) is 7.13. The van der Waals surface area contributed by atoms with Gasteiger partial charge in [-0.25, -0.2) is 13.8 Å². The number of fused-ring (bicyclic) bond motifs is 2. The molecule has 1 N–H and O–H groups in total. The van der Waals surface area contributed by atoms with E-state index in [1.165, 1.54) is 12.1 Å². The summed E-state index contributed by atoms with van der Waals surface area (Å²) in [7, 11) is 1.75. The van der Waals surface area contributed by atoms with E-state index >= 15 is 0 Å². The molecule has 2 aromatic carbocycles. The van der Waals surface area contributed by atoms with Crippen LogP contribution >= 0.6 is 0 Å². The highest BCUT2D eigenvalue weighted by Gasteiger charge is 2.15. The molecule has 1 fully saturated rings. The summed E-state index contributed by atoms with van der Waals surface area (Å²) in [6, 6.07) is 10.4. The molecule has 1 saturated heterocycles. The molecule has 7 heteroatoms. The third-order valence-corrected chi connectivity index (χ3v) is 5.19. The summed E-state index contributed by atoms with van der Waals surface area (Å²) in [5, 5.41) is 8.84. The third kappa shape index (κ3) is 2.88. The molecule has 5 nitrogen and oxygen atoms in total. The Kier molecular flexibility index (Phi) is 3.98.